The predicted molar refractivity (Wildman–Crippen MR) is 167 cm³/mol. The van der Waals surface area contributed by atoms with Crippen molar-refractivity contribution in [3.05, 3.63) is 12.7 Å². The monoisotopic (exact) mass is 636 g/mol. The fraction of sp³-hybridized carbons (Fsp3) is 0.853. The van der Waals surface area contributed by atoms with E-state index in [1.807, 2.05) is 46.7 Å². The second-order valence-electron chi connectivity index (χ2n) is 14.8. The summed E-state index contributed by atoms with van der Waals surface area (Å²) >= 11 is 0. The fourth-order valence-corrected chi connectivity index (χ4v) is 8.18. The maximum absolute atomic E-state index is 14.5. The molecule has 11 heteroatoms. The van der Waals surface area contributed by atoms with Gasteiger partial charge < -0.3 is 39.0 Å². The minimum Gasteiger partial charge on any atom is -0.457 e. The van der Waals surface area contributed by atoms with Crippen molar-refractivity contribution in [1.29, 1.82) is 0 Å². The number of carbonyl (C=O) groups excluding carboxylic acids is 3. The molecule has 5 aliphatic heterocycles. The molecule has 13 atom stereocenters. The lowest BCUT2D eigenvalue weighted by Gasteiger charge is -2.49. The Labute approximate surface area is 268 Å². The summed E-state index contributed by atoms with van der Waals surface area (Å²) < 4.78 is 31.6. The molecule has 5 saturated heterocycles. The molecular weight excluding hydrogens is 580 g/mol. The lowest BCUT2D eigenvalue weighted by molar-refractivity contribution is -0.296. The number of esters is 2. The van der Waals surface area contributed by atoms with Crippen LogP contribution in [-0.4, -0.2) is 109 Å². The van der Waals surface area contributed by atoms with E-state index in [0.717, 1.165) is 0 Å². The largest absolute Gasteiger partial charge is 0.457 e. The third-order valence-corrected chi connectivity index (χ3v) is 11.0. The van der Waals surface area contributed by atoms with Gasteiger partial charge in [0.05, 0.1) is 24.2 Å². The van der Waals surface area contributed by atoms with E-state index in [1.165, 1.54) is 0 Å². The number of nitrogens with zero attached hydrogens (tertiary/aromatic N) is 1. The lowest BCUT2D eigenvalue weighted by atomic mass is 9.70. The van der Waals surface area contributed by atoms with E-state index in [-0.39, 0.29) is 61.2 Å². The summed E-state index contributed by atoms with van der Waals surface area (Å²) in [4.78, 5) is 43.2. The van der Waals surface area contributed by atoms with Gasteiger partial charge in [0.25, 0.3) is 0 Å². The zero-order valence-electron chi connectivity index (χ0n) is 28.7. The highest BCUT2D eigenvalue weighted by Crippen LogP contribution is 2.45. The smallest absolute Gasteiger partial charge is 0.319 e. The van der Waals surface area contributed by atoms with Crippen LogP contribution >= 0.6 is 0 Å². The first-order valence-corrected chi connectivity index (χ1v) is 16.6. The molecule has 0 saturated carbocycles. The number of fused-ring (bicyclic) bond motifs is 10. The SMILES string of the molecule is C=CC1CC(N(C)C)C(O)[C@H](O[C@@H]2[C@@H](C)C(=O)[C@]3(C)CCO[C@@]2(C)C[C@@H](C)CN[C@H](C)[C@H]2CC(=O)O[C@]2(C)[C@@H](CC)OC3=O)O1. The number of aliphatic hydroxyl groups is 1. The van der Waals surface area contributed by atoms with Gasteiger partial charge >= 0.3 is 11.9 Å². The molecule has 3 unspecified atom stereocenters. The Kier molecular flexibility index (Phi) is 10.9. The van der Waals surface area contributed by atoms with Crippen molar-refractivity contribution in [3.63, 3.8) is 0 Å². The molecule has 0 aromatic heterocycles. The summed E-state index contributed by atoms with van der Waals surface area (Å²) in [6.07, 6.45) is -0.499. The van der Waals surface area contributed by atoms with Gasteiger partial charge in [0.2, 0.25) is 0 Å². The van der Waals surface area contributed by atoms with Crippen molar-refractivity contribution in [3.8, 4) is 0 Å². The molecule has 0 aromatic rings. The molecule has 5 heterocycles. The van der Waals surface area contributed by atoms with Crippen LogP contribution in [0.1, 0.15) is 80.6 Å². The average Bonchev–Trinajstić information content (AvgIpc) is 3.30. The number of carbonyl (C=O) groups is 3. The molecule has 0 aromatic carbocycles. The molecule has 5 rings (SSSR count). The van der Waals surface area contributed by atoms with Crippen LogP contribution < -0.4 is 5.32 Å². The standard InChI is InChI=1S/C34H56N2O9/c1-11-22-15-24(36(9)10)27(38)30(42-22)44-29-20(4)28(39)32(6)13-14-41-33(29,7)17-19(3)18-35-21(5)23-16-26(37)45-34(23,8)25(12-2)43-31(32)40/h11,19-25,27,29-30,35,38H,1,12-18H2,2-10H3/t19-,20+,21-,22?,23-,24?,25-,27?,29-,30+,32+,33+,34+/m1/s1. The van der Waals surface area contributed by atoms with Crippen molar-refractivity contribution < 1.29 is 43.2 Å². The maximum atomic E-state index is 14.5. The quantitative estimate of drug-likeness (QED) is 0.262. The fourth-order valence-electron chi connectivity index (χ4n) is 8.18. The van der Waals surface area contributed by atoms with Crippen molar-refractivity contribution in [1.82, 2.24) is 10.2 Å². The van der Waals surface area contributed by atoms with Crippen molar-refractivity contribution in [2.24, 2.45) is 23.2 Å². The Hall–Kier alpha value is -1.89. The average molecular weight is 637 g/mol. The van der Waals surface area contributed by atoms with E-state index < -0.39 is 53.1 Å². The number of ketones is 1. The number of hydrogen-bond donors (Lipinski definition) is 2. The van der Waals surface area contributed by atoms with Crippen LogP contribution in [0, 0.1) is 23.2 Å². The number of nitrogens with one attached hydrogen (secondary N) is 1. The van der Waals surface area contributed by atoms with Gasteiger partial charge in [-0.3, -0.25) is 14.4 Å². The molecule has 0 amide bonds. The third kappa shape index (κ3) is 6.90. The topological polar surface area (TPSA) is 133 Å². The Morgan fingerprint density at radius 1 is 1.16 bits per heavy atom. The van der Waals surface area contributed by atoms with Gasteiger partial charge in [-0.15, -0.1) is 6.58 Å². The van der Waals surface area contributed by atoms with Gasteiger partial charge in [-0.2, -0.15) is 0 Å². The number of Topliss-reactive ketones (excluding diaryl/α,β-unsaturated/α-hetero) is 1. The summed E-state index contributed by atoms with van der Waals surface area (Å²) in [6, 6.07) is -0.381. The summed E-state index contributed by atoms with van der Waals surface area (Å²) in [5.74, 6) is -2.30. The Balaban J connectivity index is 1.76. The van der Waals surface area contributed by atoms with Crippen LogP contribution in [0.25, 0.3) is 0 Å². The molecule has 2 N–H and O–H groups in total. The van der Waals surface area contributed by atoms with Crippen LogP contribution in [0.4, 0.5) is 0 Å². The summed E-state index contributed by atoms with van der Waals surface area (Å²) in [5.41, 5.74) is -3.56. The van der Waals surface area contributed by atoms with E-state index in [2.05, 4.69) is 18.8 Å². The molecule has 0 spiro atoms. The zero-order chi connectivity index (χ0) is 33.5. The Morgan fingerprint density at radius 3 is 2.47 bits per heavy atom. The minimum atomic E-state index is -1.54. The number of aliphatic hydroxyl groups excluding tert-OH is 1. The van der Waals surface area contributed by atoms with Crippen LogP contribution in [0.2, 0.25) is 0 Å². The van der Waals surface area contributed by atoms with Gasteiger partial charge in [0.15, 0.2) is 17.7 Å². The van der Waals surface area contributed by atoms with Crippen LogP contribution in [-0.2, 0) is 38.1 Å². The second-order valence-corrected chi connectivity index (χ2v) is 14.8. The van der Waals surface area contributed by atoms with Crippen LogP contribution in [0.3, 0.4) is 0 Å². The number of ether oxygens (including phenoxy) is 5. The van der Waals surface area contributed by atoms with Crippen LogP contribution in [0.15, 0.2) is 12.7 Å². The number of likely N-dealkylation sites (N-methyl/N-ethyl adjacent to an activating group) is 1. The van der Waals surface area contributed by atoms with Gasteiger partial charge in [-0.1, -0.05) is 26.8 Å². The lowest BCUT2D eigenvalue weighted by Crippen LogP contribution is -2.61. The van der Waals surface area contributed by atoms with Gasteiger partial charge in [-0.25, -0.2) is 0 Å². The molecular formula is C34H56N2O9. The first-order valence-electron chi connectivity index (χ1n) is 16.6. The van der Waals surface area contributed by atoms with Gasteiger partial charge in [0, 0.05) is 30.5 Å². The Bertz CT molecular complexity index is 1120. The van der Waals surface area contributed by atoms with Gasteiger partial charge in [-0.05, 0) is 79.9 Å². The van der Waals surface area contributed by atoms with Gasteiger partial charge in [0.1, 0.15) is 17.6 Å². The van der Waals surface area contributed by atoms with E-state index in [9.17, 15) is 19.5 Å². The van der Waals surface area contributed by atoms with Crippen molar-refractivity contribution in [2.45, 2.75) is 135 Å². The van der Waals surface area contributed by atoms with Crippen molar-refractivity contribution >= 4 is 17.7 Å². The molecule has 0 aliphatic carbocycles. The Morgan fingerprint density at radius 2 is 1.84 bits per heavy atom. The number of rotatable bonds is 5. The van der Waals surface area contributed by atoms with E-state index >= 15 is 0 Å². The van der Waals surface area contributed by atoms with Crippen molar-refractivity contribution in [2.75, 3.05) is 27.2 Å². The first kappa shape index (κ1) is 36.0. The normalized spacial score (nSPS) is 46.9. The third-order valence-electron chi connectivity index (χ3n) is 11.0. The molecule has 2 bridgehead atoms. The van der Waals surface area contributed by atoms with Crippen LogP contribution in [0.5, 0.6) is 0 Å². The molecule has 256 valence electrons. The summed E-state index contributed by atoms with van der Waals surface area (Å²) in [7, 11) is 3.79. The number of hydrogen-bond acceptors (Lipinski definition) is 11. The molecule has 5 fully saturated rings. The second kappa shape index (κ2) is 13.7. The molecule has 11 nitrogen and oxygen atoms in total. The highest BCUT2D eigenvalue weighted by atomic mass is 16.7. The first-order chi connectivity index (χ1) is 21.0. The van der Waals surface area contributed by atoms with E-state index in [1.54, 1.807) is 19.9 Å². The highest BCUT2D eigenvalue weighted by molar-refractivity contribution is 6.04. The highest BCUT2D eigenvalue weighted by Gasteiger charge is 2.58. The maximum Gasteiger partial charge on any atom is 0.319 e. The zero-order valence-corrected chi connectivity index (χ0v) is 28.7. The minimum absolute atomic E-state index is 0.0681. The molecule has 0 radical (unpaired) electrons. The molecule has 45 heavy (non-hydrogen) atoms. The molecule has 5 aliphatic rings. The summed E-state index contributed by atoms with van der Waals surface area (Å²) in [5, 5.41) is 15.0. The predicted octanol–water partition coefficient (Wildman–Crippen LogP) is 3.02. The summed E-state index contributed by atoms with van der Waals surface area (Å²) in [6.45, 7) is 17.8. The van der Waals surface area contributed by atoms with E-state index in [4.69, 9.17) is 23.7 Å². The van der Waals surface area contributed by atoms with E-state index in [0.29, 0.717) is 25.8 Å².